The van der Waals surface area contributed by atoms with Crippen LogP contribution in [0.1, 0.15) is 24.7 Å². The average molecular weight is 294 g/mol. The number of halogens is 1. The Kier molecular flexibility index (Phi) is 5.14. The lowest BCUT2D eigenvalue weighted by atomic mass is 10.2. The highest BCUT2D eigenvalue weighted by molar-refractivity contribution is 7.99. The number of hydrogen-bond acceptors (Lipinski definition) is 4. The highest BCUT2D eigenvalue weighted by atomic mass is 32.2. The van der Waals surface area contributed by atoms with E-state index in [1.165, 1.54) is 17.8 Å². The van der Waals surface area contributed by atoms with Crippen molar-refractivity contribution in [2.75, 3.05) is 6.54 Å². The molecular formula is C14H19FN4S. The van der Waals surface area contributed by atoms with Crippen molar-refractivity contribution in [1.29, 1.82) is 0 Å². The molecule has 0 unspecified atom stereocenters. The van der Waals surface area contributed by atoms with Crippen LogP contribution in [0, 0.1) is 12.7 Å². The van der Waals surface area contributed by atoms with E-state index in [0.29, 0.717) is 6.54 Å². The monoisotopic (exact) mass is 294 g/mol. The minimum absolute atomic E-state index is 0.220. The van der Waals surface area contributed by atoms with Crippen molar-refractivity contribution < 1.29 is 4.39 Å². The summed E-state index contributed by atoms with van der Waals surface area (Å²) in [6.07, 6.45) is 1.06. The van der Waals surface area contributed by atoms with E-state index in [9.17, 15) is 4.39 Å². The molecule has 1 heterocycles. The Hall–Kier alpha value is -1.40. The topological polar surface area (TPSA) is 42.7 Å². The molecule has 2 rings (SSSR count). The lowest BCUT2D eigenvalue weighted by Crippen LogP contribution is -2.13. The van der Waals surface area contributed by atoms with E-state index in [1.54, 1.807) is 6.07 Å². The van der Waals surface area contributed by atoms with Gasteiger partial charge in [0.15, 0.2) is 5.16 Å². The molecule has 1 aromatic carbocycles. The average Bonchev–Trinajstić information content (AvgIpc) is 2.71. The second-order valence-electron chi connectivity index (χ2n) is 4.66. The first kappa shape index (κ1) is 15.0. The quantitative estimate of drug-likeness (QED) is 0.832. The van der Waals surface area contributed by atoms with Gasteiger partial charge in [-0.1, -0.05) is 6.92 Å². The summed E-state index contributed by atoms with van der Waals surface area (Å²) in [5.74, 6) is 0.621. The summed E-state index contributed by atoms with van der Waals surface area (Å²) in [7, 11) is 1.90. The Morgan fingerprint density at radius 1 is 1.30 bits per heavy atom. The van der Waals surface area contributed by atoms with Crippen molar-refractivity contribution in [1.82, 2.24) is 20.1 Å². The maximum Gasteiger partial charge on any atom is 0.195 e. The van der Waals surface area contributed by atoms with Gasteiger partial charge >= 0.3 is 0 Å². The van der Waals surface area contributed by atoms with Crippen molar-refractivity contribution in [3.63, 3.8) is 0 Å². The van der Waals surface area contributed by atoms with Crippen molar-refractivity contribution >= 4 is 11.8 Å². The van der Waals surface area contributed by atoms with E-state index in [0.717, 1.165) is 34.4 Å². The van der Waals surface area contributed by atoms with Crippen LogP contribution in [-0.2, 0) is 13.6 Å². The number of rotatable bonds is 6. The van der Waals surface area contributed by atoms with Crippen molar-refractivity contribution in [3.05, 3.63) is 35.4 Å². The Balaban J connectivity index is 2.13. The maximum atomic E-state index is 13.7. The number of hydrogen-bond donors (Lipinski definition) is 1. The fourth-order valence-corrected chi connectivity index (χ4v) is 2.72. The molecule has 0 saturated heterocycles. The van der Waals surface area contributed by atoms with Crippen LogP contribution in [0.3, 0.4) is 0 Å². The lowest BCUT2D eigenvalue weighted by molar-refractivity contribution is 0.615. The number of nitrogens with zero attached hydrogens (tertiary/aromatic N) is 3. The van der Waals surface area contributed by atoms with Gasteiger partial charge in [-0.15, -0.1) is 10.2 Å². The smallest absolute Gasteiger partial charge is 0.195 e. The van der Waals surface area contributed by atoms with Gasteiger partial charge in [-0.05, 0) is 55.4 Å². The van der Waals surface area contributed by atoms with Gasteiger partial charge in [0, 0.05) is 18.5 Å². The number of aromatic nitrogens is 3. The zero-order valence-electron chi connectivity index (χ0n) is 12.0. The molecule has 0 aliphatic carbocycles. The van der Waals surface area contributed by atoms with E-state index in [4.69, 9.17) is 0 Å². The first-order valence-electron chi connectivity index (χ1n) is 6.64. The van der Waals surface area contributed by atoms with Gasteiger partial charge in [0.1, 0.15) is 11.6 Å². The zero-order chi connectivity index (χ0) is 14.5. The van der Waals surface area contributed by atoms with Gasteiger partial charge in [0.05, 0.1) is 0 Å². The fourth-order valence-electron chi connectivity index (χ4n) is 1.77. The van der Waals surface area contributed by atoms with Crippen LogP contribution in [0.4, 0.5) is 4.39 Å². The predicted octanol–water partition coefficient (Wildman–Crippen LogP) is 2.91. The Morgan fingerprint density at radius 2 is 2.10 bits per heavy atom. The molecule has 20 heavy (non-hydrogen) atoms. The fraction of sp³-hybridized carbons (Fsp3) is 0.429. The molecule has 1 aromatic heterocycles. The molecule has 0 aliphatic heterocycles. The highest BCUT2D eigenvalue weighted by Crippen LogP contribution is 2.27. The molecule has 0 saturated carbocycles. The Labute approximate surface area is 122 Å². The van der Waals surface area contributed by atoms with E-state index >= 15 is 0 Å². The number of benzene rings is 1. The molecule has 0 atom stereocenters. The molecular weight excluding hydrogens is 275 g/mol. The van der Waals surface area contributed by atoms with Gasteiger partial charge < -0.3 is 9.88 Å². The van der Waals surface area contributed by atoms with Gasteiger partial charge in [-0.3, -0.25) is 0 Å². The third-order valence-corrected chi connectivity index (χ3v) is 3.96. The van der Waals surface area contributed by atoms with E-state index in [2.05, 4.69) is 22.4 Å². The van der Waals surface area contributed by atoms with Gasteiger partial charge in [0.2, 0.25) is 0 Å². The normalized spacial score (nSPS) is 11.0. The SMILES string of the molecule is CCCNCc1cc(F)cc(Sc2nnc(C)n2C)c1. The summed E-state index contributed by atoms with van der Waals surface area (Å²) in [5, 5.41) is 12.1. The van der Waals surface area contributed by atoms with Crippen LogP contribution in [0.5, 0.6) is 0 Å². The third kappa shape index (κ3) is 3.80. The minimum Gasteiger partial charge on any atom is -0.313 e. The highest BCUT2D eigenvalue weighted by Gasteiger charge is 2.09. The molecule has 0 amide bonds. The molecule has 1 N–H and O–H groups in total. The zero-order valence-corrected chi connectivity index (χ0v) is 12.8. The van der Waals surface area contributed by atoms with E-state index < -0.39 is 0 Å². The van der Waals surface area contributed by atoms with Crippen LogP contribution in [0.25, 0.3) is 0 Å². The summed E-state index contributed by atoms with van der Waals surface area (Å²) in [6, 6.07) is 5.08. The number of aryl methyl sites for hydroxylation is 1. The third-order valence-electron chi connectivity index (χ3n) is 2.95. The summed E-state index contributed by atoms with van der Waals surface area (Å²) in [6.45, 7) is 5.61. The predicted molar refractivity (Wildman–Crippen MR) is 78.3 cm³/mol. The van der Waals surface area contributed by atoms with Crippen molar-refractivity contribution in [2.24, 2.45) is 7.05 Å². The van der Waals surface area contributed by atoms with Crippen LogP contribution in [0.2, 0.25) is 0 Å². The molecule has 4 nitrogen and oxygen atoms in total. The Morgan fingerprint density at radius 3 is 2.75 bits per heavy atom. The summed E-state index contributed by atoms with van der Waals surface area (Å²) in [5.41, 5.74) is 0.944. The standard InChI is InChI=1S/C14H19FN4S/c1-4-5-16-9-11-6-12(15)8-13(7-11)20-14-18-17-10(2)19(14)3/h6-8,16H,4-5,9H2,1-3H3. The minimum atomic E-state index is -0.220. The van der Waals surface area contributed by atoms with E-state index in [-0.39, 0.29) is 5.82 Å². The van der Waals surface area contributed by atoms with E-state index in [1.807, 2.05) is 24.6 Å². The number of nitrogens with one attached hydrogen (secondary N) is 1. The van der Waals surface area contributed by atoms with Crippen LogP contribution in [-0.4, -0.2) is 21.3 Å². The lowest BCUT2D eigenvalue weighted by Gasteiger charge is -2.07. The van der Waals surface area contributed by atoms with Crippen molar-refractivity contribution in [3.8, 4) is 0 Å². The molecule has 2 aromatic rings. The van der Waals surface area contributed by atoms with Crippen molar-refractivity contribution in [2.45, 2.75) is 36.9 Å². The Bertz CT molecular complexity index is 583. The van der Waals surface area contributed by atoms with Gasteiger partial charge in [-0.2, -0.15) is 0 Å². The van der Waals surface area contributed by atoms with Crippen LogP contribution < -0.4 is 5.32 Å². The molecule has 0 aliphatic rings. The summed E-state index contributed by atoms with van der Waals surface area (Å²) < 4.78 is 15.6. The second-order valence-corrected chi connectivity index (χ2v) is 5.70. The van der Waals surface area contributed by atoms with Gasteiger partial charge in [0.25, 0.3) is 0 Å². The van der Waals surface area contributed by atoms with Crippen LogP contribution >= 0.6 is 11.8 Å². The molecule has 0 bridgehead atoms. The molecule has 0 spiro atoms. The maximum absolute atomic E-state index is 13.7. The molecule has 108 valence electrons. The summed E-state index contributed by atoms with van der Waals surface area (Å²) in [4.78, 5) is 0.841. The second kappa shape index (κ2) is 6.85. The largest absolute Gasteiger partial charge is 0.313 e. The van der Waals surface area contributed by atoms with Crippen LogP contribution in [0.15, 0.2) is 28.3 Å². The molecule has 0 fully saturated rings. The first-order valence-corrected chi connectivity index (χ1v) is 7.46. The van der Waals surface area contributed by atoms with Gasteiger partial charge in [-0.25, -0.2) is 4.39 Å². The summed E-state index contributed by atoms with van der Waals surface area (Å²) >= 11 is 1.42. The molecule has 6 heteroatoms. The molecule has 0 radical (unpaired) electrons. The first-order chi connectivity index (χ1) is 9.60.